The molecule has 5 heteroatoms. The second kappa shape index (κ2) is 5.28. The summed E-state index contributed by atoms with van der Waals surface area (Å²) in [6.07, 6.45) is -1.48. The van der Waals surface area contributed by atoms with Crippen molar-refractivity contribution in [3.8, 4) is 0 Å². The molecule has 0 aromatic heterocycles. The van der Waals surface area contributed by atoms with Crippen LogP contribution in [0.1, 0.15) is 30.7 Å². The van der Waals surface area contributed by atoms with Gasteiger partial charge in [-0.15, -0.1) is 0 Å². The van der Waals surface area contributed by atoms with E-state index >= 15 is 0 Å². The first-order valence-electron chi connectivity index (χ1n) is 7.16. The fourth-order valence-corrected chi connectivity index (χ4v) is 3.00. The van der Waals surface area contributed by atoms with E-state index < -0.39 is 12.7 Å². The number of fused-ring (bicyclic) bond motifs is 1. The number of benzene rings is 1. The summed E-state index contributed by atoms with van der Waals surface area (Å²) in [7, 11) is 0. The lowest BCUT2D eigenvalue weighted by Crippen LogP contribution is -2.37. The number of nitrogens with one attached hydrogen (secondary N) is 1. The number of anilines is 1. The molecule has 1 fully saturated rings. The third-order valence-corrected chi connectivity index (χ3v) is 4.15. The molecule has 1 aromatic carbocycles. The average molecular weight is 284 g/mol. The Morgan fingerprint density at radius 2 is 1.95 bits per heavy atom. The van der Waals surface area contributed by atoms with Crippen LogP contribution in [-0.2, 0) is 0 Å². The summed E-state index contributed by atoms with van der Waals surface area (Å²) < 4.78 is 37.7. The Morgan fingerprint density at radius 3 is 2.65 bits per heavy atom. The Morgan fingerprint density at radius 1 is 1.20 bits per heavy atom. The van der Waals surface area contributed by atoms with Crippen LogP contribution < -0.4 is 5.32 Å². The van der Waals surface area contributed by atoms with Crippen LogP contribution in [0, 0.1) is 0 Å². The summed E-state index contributed by atoms with van der Waals surface area (Å²) in [6, 6.07) is 8.23. The first-order valence-corrected chi connectivity index (χ1v) is 7.16. The molecule has 2 nitrogen and oxygen atoms in total. The van der Waals surface area contributed by atoms with Crippen molar-refractivity contribution in [1.29, 1.82) is 0 Å². The third kappa shape index (κ3) is 3.26. The largest absolute Gasteiger partial charge is 0.401 e. The second-order valence-electron chi connectivity index (χ2n) is 5.77. The lowest BCUT2D eigenvalue weighted by molar-refractivity contribution is -0.147. The van der Waals surface area contributed by atoms with Crippen LogP contribution in [-0.4, -0.2) is 36.8 Å². The molecule has 1 N–H and O–H groups in total. The first kappa shape index (κ1) is 13.7. The highest BCUT2D eigenvalue weighted by molar-refractivity contribution is 5.57. The molecule has 0 spiro atoms. The Kier molecular flexibility index (Phi) is 3.63. The van der Waals surface area contributed by atoms with E-state index in [0.29, 0.717) is 12.5 Å². The van der Waals surface area contributed by atoms with E-state index in [1.54, 1.807) is 4.90 Å². The van der Waals surface area contributed by atoms with Gasteiger partial charge in [0.1, 0.15) is 0 Å². The van der Waals surface area contributed by atoms with Crippen LogP contribution in [0.2, 0.25) is 0 Å². The molecule has 0 amide bonds. The molecule has 0 saturated heterocycles. The van der Waals surface area contributed by atoms with Crippen LogP contribution in [0.4, 0.5) is 18.9 Å². The van der Waals surface area contributed by atoms with Gasteiger partial charge in [-0.2, -0.15) is 13.2 Å². The standard InChI is InChI=1S/C15H19F3N2/c16-15(17,18)10-20(12-5-6-12)8-7-11-9-19-14-4-2-1-3-13(11)14/h1-4,11-12,19H,5-10H2. The SMILES string of the molecule is FC(F)(F)CN(CCC1CNc2ccccc21)C1CC1. The molecule has 1 aromatic rings. The van der Waals surface area contributed by atoms with Gasteiger partial charge in [-0.1, -0.05) is 18.2 Å². The molecule has 1 unspecified atom stereocenters. The van der Waals surface area contributed by atoms with Gasteiger partial charge in [0.15, 0.2) is 0 Å². The average Bonchev–Trinajstić information content (AvgIpc) is 3.15. The number of nitrogens with zero attached hydrogens (tertiary/aromatic N) is 1. The van der Waals surface area contributed by atoms with Crippen molar-refractivity contribution in [2.24, 2.45) is 0 Å². The van der Waals surface area contributed by atoms with E-state index in [1.165, 1.54) is 5.56 Å². The van der Waals surface area contributed by atoms with Gasteiger partial charge in [-0.05, 0) is 37.4 Å². The van der Waals surface area contributed by atoms with Gasteiger partial charge in [0, 0.05) is 24.2 Å². The van der Waals surface area contributed by atoms with E-state index in [4.69, 9.17) is 0 Å². The maximum Gasteiger partial charge on any atom is 0.401 e. The quantitative estimate of drug-likeness (QED) is 0.888. The predicted octanol–water partition coefficient (Wildman–Crippen LogP) is 3.61. The maximum absolute atomic E-state index is 12.6. The minimum atomic E-state index is -4.09. The summed E-state index contributed by atoms with van der Waals surface area (Å²) in [6.45, 7) is 0.605. The van der Waals surface area contributed by atoms with Crippen LogP contribution in [0.15, 0.2) is 24.3 Å². The molecular formula is C15H19F3N2. The number of alkyl halides is 3. The van der Waals surface area contributed by atoms with E-state index in [1.807, 2.05) is 18.2 Å². The molecule has 0 radical (unpaired) electrons. The lowest BCUT2D eigenvalue weighted by Gasteiger charge is -2.24. The molecule has 20 heavy (non-hydrogen) atoms. The third-order valence-electron chi connectivity index (χ3n) is 4.15. The fourth-order valence-electron chi connectivity index (χ4n) is 3.00. The molecular weight excluding hydrogens is 265 g/mol. The monoisotopic (exact) mass is 284 g/mol. The molecule has 1 atom stereocenters. The zero-order valence-corrected chi connectivity index (χ0v) is 11.3. The zero-order valence-electron chi connectivity index (χ0n) is 11.3. The highest BCUT2D eigenvalue weighted by Gasteiger charge is 2.38. The molecule has 0 bridgehead atoms. The molecule has 1 aliphatic carbocycles. The highest BCUT2D eigenvalue weighted by Crippen LogP contribution is 2.35. The van der Waals surface area contributed by atoms with Gasteiger partial charge >= 0.3 is 6.18 Å². The van der Waals surface area contributed by atoms with Crippen molar-refractivity contribution in [2.45, 2.75) is 37.4 Å². The Hall–Kier alpha value is -1.23. The van der Waals surface area contributed by atoms with Crippen molar-refractivity contribution in [1.82, 2.24) is 4.90 Å². The number of para-hydroxylation sites is 1. The molecule has 1 aliphatic heterocycles. The summed E-state index contributed by atoms with van der Waals surface area (Å²) in [5, 5.41) is 3.33. The predicted molar refractivity (Wildman–Crippen MR) is 72.9 cm³/mol. The van der Waals surface area contributed by atoms with Crippen molar-refractivity contribution in [3.05, 3.63) is 29.8 Å². The van der Waals surface area contributed by atoms with Gasteiger partial charge in [-0.3, -0.25) is 4.90 Å². The lowest BCUT2D eigenvalue weighted by atomic mass is 9.98. The van der Waals surface area contributed by atoms with Crippen molar-refractivity contribution >= 4 is 5.69 Å². The summed E-state index contributed by atoms with van der Waals surface area (Å²) in [5.41, 5.74) is 2.38. The summed E-state index contributed by atoms with van der Waals surface area (Å²) in [4.78, 5) is 1.61. The fraction of sp³-hybridized carbons (Fsp3) is 0.600. The second-order valence-corrected chi connectivity index (χ2v) is 5.77. The molecule has 3 rings (SSSR count). The molecule has 110 valence electrons. The van der Waals surface area contributed by atoms with Crippen molar-refractivity contribution < 1.29 is 13.2 Å². The van der Waals surface area contributed by atoms with Gasteiger partial charge in [0.25, 0.3) is 0 Å². The normalized spacial score (nSPS) is 21.9. The first-order chi connectivity index (χ1) is 9.53. The van der Waals surface area contributed by atoms with E-state index in [9.17, 15) is 13.2 Å². The van der Waals surface area contributed by atoms with Crippen molar-refractivity contribution in [3.63, 3.8) is 0 Å². The summed E-state index contributed by atoms with van der Waals surface area (Å²) >= 11 is 0. The van der Waals surface area contributed by atoms with E-state index in [-0.39, 0.29) is 6.04 Å². The Balaban J connectivity index is 1.58. The topological polar surface area (TPSA) is 15.3 Å². The summed E-state index contributed by atoms with van der Waals surface area (Å²) in [5.74, 6) is 0.334. The Labute approximate surface area is 117 Å². The van der Waals surface area contributed by atoms with E-state index in [2.05, 4.69) is 11.4 Å². The number of hydrogen-bond donors (Lipinski definition) is 1. The van der Waals surface area contributed by atoms with Crippen LogP contribution in [0.3, 0.4) is 0 Å². The highest BCUT2D eigenvalue weighted by atomic mass is 19.4. The Bertz CT molecular complexity index is 468. The van der Waals surface area contributed by atoms with Crippen molar-refractivity contribution in [2.75, 3.05) is 25.0 Å². The number of halogens is 3. The number of hydrogen-bond acceptors (Lipinski definition) is 2. The van der Waals surface area contributed by atoms with Crippen LogP contribution in [0.25, 0.3) is 0 Å². The minimum absolute atomic E-state index is 0.154. The van der Waals surface area contributed by atoms with Gasteiger partial charge in [0.2, 0.25) is 0 Å². The van der Waals surface area contributed by atoms with Crippen LogP contribution >= 0.6 is 0 Å². The molecule has 1 heterocycles. The molecule has 1 saturated carbocycles. The van der Waals surface area contributed by atoms with Gasteiger partial charge in [-0.25, -0.2) is 0 Å². The molecule has 2 aliphatic rings. The minimum Gasteiger partial charge on any atom is -0.384 e. The number of rotatable bonds is 5. The maximum atomic E-state index is 12.6. The van der Waals surface area contributed by atoms with Crippen LogP contribution in [0.5, 0.6) is 0 Å². The zero-order chi connectivity index (χ0) is 14.2. The van der Waals surface area contributed by atoms with E-state index in [0.717, 1.165) is 31.5 Å². The van der Waals surface area contributed by atoms with Gasteiger partial charge < -0.3 is 5.32 Å². The smallest absolute Gasteiger partial charge is 0.384 e. The van der Waals surface area contributed by atoms with Gasteiger partial charge in [0.05, 0.1) is 6.54 Å².